The van der Waals surface area contributed by atoms with E-state index in [4.69, 9.17) is 4.74 Å². The van der Waals surface area contributed by atoms with Gasteiger partial charge in [-0.1, -0.05) is 45.9 Å². The van der Waals surface area contributed by atoms with Crippen LogP contribution in [0.5, 0.6) is 5.75 Å². The third-order valence-corrected chi connectivity index (χ3v) is 4.45. The highest BCUT2D eigenvalue weighted by molar-refractivity contribution is 5.48. The zero-order chi connectivity index (χ0) is 18.6. The van der Waals surface area contributed by atoms with Gasteiger partial charge in [0.15, 0.2) is 6.73 Å². The van der Waals surface area contributed by atoms with Gasteiger partial charge in [-0.2, -0.15) is 0 Å². The van der Waals surface area contributed by atoms with E-state index >= 15 is 0 Å². The quantitative estimate of drug-likeness (QED) is 0.545. The molecule has 0 aliphatic rings. The zero-order valence-corrected chi connectivity index (χ0v) is 16.2. The molecular weight excluding hydrogens is 313 g/mol. The van der Waals surface area contributed by atoms with Gasteiger partial charge in [-0.15, -0.1) is 0 Å². The van der Waals surface area contributed by atoms with Crippen LogP contribution in [-0.4, -0.2) is 12.8 Å². The Morgan fingerprint density at radius 3 is 1.80 bits per heavy atom. The van der Waals surface area contributed by atoms with Crippen molar-refractivity contribution in [3.63, 3.8) is 0 Å². The minimum Gasteiger partial charge on any atom is -0.473 e. The van der Waals surface area contributed by atoms with Gasteiger partial charge in [0.05, 0.1) is 0 Å². The third kappa shape index (κ3) is 4.75. The van der Waals surface area contributed by atoms with Crippen LogP contribution in [0, 0.1) is 5.82 Å². The van der Waals surface area contributed by atoms with Gasteiger partial charge in [-0.3, -0.25) is 0 Å². The summed E-state index contributed by atoms with van der Waals surface area (Å²) >= 11 is 0. The summed E-state index contributed by atoms with van der Waals surface area (Å²) in [6.45, 7) is 13.4. The van der Waals surface area contributed by atoms with E-state index in [1.54, 1.807) is 12.1 Å². The zero-order valence-electron chi connectivity index (χ0n) is 16.2. The Kier molecular flexibility index (Phi) is 6.46. The van der Waals surface area contributed by atoms with Crippen LogP contribution in [-0.2, 0) is 0 Å². The molecule has 0 heterocycles. The second-order valence-electron chi connectivity index (χ2n) is 7.39. The van der Waals surface area contributed by atoms with Crippen molar-refractivity contribution >= 4 is 5.69 Å². The molecule has 0 aliphatic heterocycles. The van der Waals surface area contributed by atoms with Gasteiger partial charge >= 0.3 is 0 Å². The van der Waals surface area contributed by atoms with Gasteiger partial charge in [0, 0.05) is 11.7 Å². The van der Waals surface area contributed by atoms with Crippen molar-refractivity contribution < 1.29 is 9.13 Å². The number of benzene rings is 2. The lowest BCUT2D eigenvalue weighted by atomic mass is 9.94. The maximum absolute atomic E-state index is 13.2. The van der Waals surface area contributed by atoms with Crippen LogP contribution in [0.4, 0.5) is 10.1 Å². The first-order chi connectivity index (χ1) is 11.8. The summed E-state index contributed by atoms with van der Waals surface area (Å²) in [5, 5.41) is 0. The predicted molar refractivity (Wildman–Crippen MR) is 104 cm³/mol. The summed E-state index contributed by atoms with van der Waals surface area (Å²) in [6, 6.07) is 13.2. The van der Waals surface area contributed by atoms with Crippen LogP contribution in [0.25, 0.3) is 0 Å². The molecule has 0 aliphatic carbocycles. The van der Waals surface area contributed by atoms with E-state index in [1.807, 2.05) is 0 Å². The monoisotopic (exact) mass is 343 g/mol. The van der Waals surface area contributed by atoms with Crippen molar-refractivity contribution in [3.8, 4) is 5.75 Å². The lowest BCUT2D eigenvalue weighted by molar-refractivity contribution is 0.296. The Labute approximate surface area is 151 Å². The first-order valence-electron chi connectivity index (χ1n) is 9.09. The minimum atomic E-state index is -0.222. The number of hydrogen-bond donors (Lipinski definition) is 0. The minimum absolute atomic E-state index is 0.222. The number of anilines is 1. The van der Waals surface area contributed by atoms with Crippen molar-refractivity contribution in [2.24, 2.45) is 0 Å². The summed E-state index contributed by atoms with van der Waals surface area (Å²) in [5.74, 6) is 1.56. The van der Waals surface area contributed by atoms with Gasteiger partial charge in [0.1, 0.15) is 11.6 Å². The predicted octanol–water partition coefficient (Wildman–Crippen LogP) is 6.32. The summed E-state index contributed by atoms with van der Waals surface area (Å²) in [5.41, 5.74) is 3.42. The Hall–Kier alpha value is -2.03. The standard InChI is InChI=1S/C22H30FNO/c1-15(2)20-8-7-9-21(16(3)4)22(20)25-14-24(17(5)6)19-12-10-18(23)11-13-19/h7-13,15-17H,14H2,1-6H3. The van der Waals surface area contributed by atoms with Crippen LogP contribution < -0.4 is 9.64 Å². The second-order valence-corrected chi connectivity index (χ2v) is 7.39. The molecule has 0 spiro atoms. The lowest BCUT2D eigenvalue weighted by Gasteiger charge is -2.30. The van der Waals surface area contributed by atoms with Gasteiger partial charge < -0.3 is 9.64 Å². The molecule has 25 heavy (non-hydrogen) atoms. The fraction of sp³-hybridized carbons (Fsp3) is 0.455. The number of para-hydroxylation sites is 1. The smallest absolute Gasteiger partial charge is 0.161 e. The highest BCUT2D eigenvalue weighted by atomic mass is 19.1. The summed E-state index contributed by atoms with van der Waals surface area (Å²) in [6.07, 6.45) is 0. The second kappa shape index (κ2) is 8.37. The fourth-order valence-electron chi connectivity index (χ4n) is 2.94. The average molecular weight is 343 g/mol. The first-order valence-corrected chi connectivity index (χ1v) is 9.09. The van der Waals surface area contributed by atoms with Gasteiger partial charge in [0.25, 0.3) is 0 Å². The van der Waals surface area contributed by atoms with Gasteiger partial charge in [-0.05, 0) is 61.1 Å². The van der Waals surface area contributed by atoms with E-state index < -0.39 is 0 Å². The molecular formula is C22H30FNO. The normalized spacial score (nSPS) is 11.4. The fourth-order valence-corrected chi connectivity index (χ4v) is 2.94. The molecule has 0 bridgehead atoms. The van der Waals surface area contributed by atoms with Crippen molar-refractivity contribution in [2.45, 2.75) is 59.4 Å². The van der Waals surface area contributed by atoms with Crippen LogP contribution in [0.15, 0.2) is 42.5 Å². The Bertz CT molecular complexity index is 651. The third-order valence-electron chi connectivity index (χ3n) is 4.45. The molecule has 0 amide bonds. The van der Waals surface area contributed by atoms with E-state index in [0.29, 0.717) is 18.6 Å². The molecule has 0 aromatic heterocycles. The highest BCUT2D eigenvalue weighted by Crippen LogP contribution is 2.35. The van der Waals surface area contributed by atoms with E-state index in [0.717, 1.165) is 11.4 Å². The number of rotatable bonds is 7. The molecule has 136 valence electrons. The topological polar surface area (TPSA) is 12.5 Å². The van der Waals surface area contributed by atoms with Gasteiger partial charge in [0.2, 0.25) is 0 Å². The van der Waals surface area contributed by atoms with E-state index in [1.165, 1.54) is 23.3 Å². The van der Waals surface area contributed by atoms with Crippen LogP contribution >= 0.6 is 0 Å². The van der Waals surface area contributed by atoms with Crippen molar-refractivity contribution in [1.29, 1.82) is 0 Å². The van der Waals surface area contributed by atoms with Crippen molar-refractivity contribution in [1.82, 2.24) is 0 Å². The van der Waals surface area contributed by atoms with E-state index in [9.17, 15) is 4.39 Å². The average Bonchev–Trinajstić information content (AvgIpc) is 2.55. The molecule has 2 aromatic carbocycles. The van der Waals surface area contributed by atoms with E-state index in [2.05, 4.69) is 64.6 Å². The molecule has 0 saturated carbocycles. The lowest BCUT2D eigenvalue weighted by Crippen LogP contribution is -2.34. The number of ether oxygens (including phenoxy) is 1. The van der Waals surface area contributed by atoms with E-state index in [-0.39, 0.29) is 11.9 Å². The van der Waals surface area contributed by atoms with Crippen molar-refractivity contribution in [3.05, 3.63) is 59.4 Å². The van der Waals surface area contributed by atoms with Crippen LogP contribution in [0.1, 0.15) is 64.5 Å². The first kappa shape index (κ1) is 19.3. The SMILES string of the molecule is CC(C)c1cccc(C(C)C)c1OCN(c1ccc(F)cc1)C(C)C. The van der Waals surface area contributed by atoms with Crippen LogP contribution in [0.2, 0.25) is 0 Å². The molecule has 0 radical (unpaired) electrons. The van der Waals surface area contributed by atoms with Gasteiger partial charge in [-0.25, -0.2) is 4.39 Å². The number of halogens is 1. The summed E-state index contributed by atoms with van der Waals surface area (Å²) < 4.78 is 19.6. The van der Waals surface area contributed by atoms with Crippen LogP contribution in [0.3, 0.4) is 0 Å². The molecule has 0 unspecified atom stereocenters. The number of nitrogens with zero attached hydrogens (tertiary/aromatic N) is 1. The number of hydrogen-bond acceptors (Lipinski definition) is 2. The molecule has 3 heteroatoms. The molecule has 2 aromatic rings. The molecule has 2 rings (SSSR count). The molecule has 2 nitrogen and oxygen atoms in total. The maximum atomic E-state index is 13.2. The molecule has 0 fully saturated rings. The highest BCUT2D eigenvalue weighted by Gasteiger charge is 2.17. The largest absolute Gasteiger partial charge is 0.473 e. The molecule has 0 saturated heterocycles. The maximum Gasteiger partial charge on any atom is 0.161 e. The summed E-state index contributed by atoms with van der Waals surface area (Å²) in [7, 11) is 0. The van der Waals surface area contributed by atoms with Crippen molar-refractivity contribution in [2.75, 3.05) is 11.6 Å². The Balaban J connectivity index is 2.30. The Morgan fingerprint density at radius 1 is 0.840 bits per heavy atom. The molecule has 0 atom stereocenters. The Morgan fingerprint density at radius 2 is 1.36 bits per heavy atom. The molecule has 0 N–H and O–H groups in total. The summed E-state index contributed by atoms with van der Waals surface area (Å²) in [4.78, 5) is 2.14.